The lowest BCUT2D eigenvalue weighted by Crippen LogP contribution is -2.47. The van der Waals surface area contributed by atoms with Crippen molar-refractivity contribution in [3.05, 3.63) is 27.7 Å². The molecular weight excluding hydrogens is 349 g/mol. The Balaban J connectivity index is 2.54. The maximum atomic E-state index is 13.6. The lowest BCUT2D eigenvalue weighted by molar-refractivity contribution is -0.294. The molecule has 0 saturated heterocycles. The molecule has 1 aliphatic heterocycles. The molecule has 0 aromatic heterocycles. The normalized spacial score (nSPS) is 16.8. The van der Waals surface area contributed by atoms with Crippen LogP contribution in [0.25, 0.3) is 0 Å². The number of benzene rings is 1. The van der Waals surface area contributed by atoms with Crippen molar-refractivity contribution in [2.45, 2.75) is 24.6 Å². The molecule has 1 aromatic rings. The summed E-state index contributed by atoms with van der Waals surface area (Å²) in [5, 5.41) is 2.05. The smallest absolute Gasteiger partial charge is 0.455 e. The number of nitrogens with one attached hydrogen (secondary N) is 1. The SMILES string of the molecule is CNC(c1cc(Br)cc2c1OCC2)C(F)(F)C(F)(F)F. The fraction of sp³-hybridized carbons (Fsp3) is 0.500. The van der Waals surface area contributed by atoms with Crippen LogP contribution in [-0.2, 0) is 6.42 Å². The predicted octanol–water partition coefficient (Wildman–Crippen LogP) is 3.84. The van der Waals surface area contributed by atoms with E-state index in [0.29, 0.717) is 16.5 Å². The highest BCUT2D eigenvalue weighted by Crippen LogP contribution is 2.48. The van der Waals surface area contributed by atoms with Gasteiger partial charge >= 0.3 is 12.1 Å². The fourth-order valence-electron chi connectivity index (χ4n) is 2.21. The first kappa shape index (κ1) is 15.5. The molecule has 112 valence electrons. The van der Waals surface area contributed by atoms with Gasteiger partial charge < -0.3 is 10.1 Å². The van der Waals surface area contributed by atoms with E-state index >= 15 is 0 Å². The second kappa shape index (κ2) is 5.14. The van der Waals surface area contributed by atoms with E-state index in [1.54, 1.807) is 6.07 Å². The van der Waals surface area contributed by atoms with Gasteiger partial charge in [0.1, 0.15) is 11.8 Å². The topological polar surface area (TPSA) is 21.3 Å². The van der Waals surface area contributed by atoms with E-state index in [1.165, 1.54) is 6.07 Å². The molecule has 1 aromatic carbocycles. The van der Waals surface area contributed by atoms with Crippen molar-refractivity contribution in [3.8, 4) is 5.75 Å². The number of hydrogen-bond donors (Lipinski definition) is 1. The minimum atomic E-state index is -5.64. The van der Waals surface area contributed by atoms with Crippen LogP contribution in [0.4, 0.5) is 22.0 Å². The third-order valence-electron chi connectivity index (χ3n) is 3.12. The van der Waals surface area contributed by atoms with Gasteiger partial charge in [0.15, 0.2) is 0 Å². The van der Waals surface area contributed by atoms with Crippen LogP contribution in [0, 0.1) is 0 Å². The molecule has 0 amide bonds. The molecule has 1 atom stereocenters. The van der Waals surface area contributed by atoms with Crippen molar-refractivity contribution < 1.29 is 26.7 Å². The Morgan fingerprint density at radius 2 is 1.90 bits per heavy atom. The van der Waals surface area contributed by atoms with Gasteiger partial charge in [0.25, 0.3) is 0 Å². The Morgan fingerprint density at radius 3 is 2.45 bits per heavy atom. The van der Waals surface area contributed by atoms with Crippen molar-refractivity contribution in [2.24, 2.45) is 0 Å². The largest absolute Gasteiger partial charge is 0.493 e. The molecule has 0 radical (unpaired) electrons. The summed E-state index contributed by atoms with van der Waals surface area (Å²) in [6.45, 7) is 0.271. The Bertz CT molecular complexity index is 517. The molecule has 1 heterocycles. The number of halogens is 6. The first-order chi connectivity index (χ1) is 9.18. The van der Waals surface area contributed by atoms with Crippen molar-refractivity contribution >= 4 is 15.9 Å². The summed E-state index contributed by atoms with van der Waals surface area (Å²) in [5.74, 6) is -4.79. The standard InChI is InChI=1S/C12H11BrF5NO/c1-19-10(11(14,15)12(16,17)18)8-5-7(13)4-6-2-3-20-9(6)8/h4-5,10,19H,2-3H2,1H3. The molecule has 0 bridgehead atoms. The summed E-state index contributed by atoms with van der Waals surface area (Å²) >= 11 is 3.12. The van der Waals surface area contributed by atoms with Gasteiger partial charge in [-0.15, -0.1) is 0 Å². The van der Waals surface area contributed by atoms with Crippen molar-refractivity contribution in [2.75, 3.05) is 13.7 Å². The van der Waals surface area contributed by atoms with Crippen LogP contribution >= 0.6 is 15.9 Å². The first-order valence-corrected chi connectivity index (χ1v) is 6.54. The molecule has 0 fully saturated rings. The highest BCUT2D eigenvalue weighted by molar-refractivity contribution is 9.10. The summed E-state index contributed by atoms with van der Waals surface area (Å²) in [6.07, 6.45) is -5.16. The number of ether oxygens (including phenoxy) is 1. The zero-order chi connectivity index (χ0) is 15.1. The lowest BCUT2D eigenvalue weighted by atomic mass is 9.96. The van der Waals surface area contributed by atoms with E-state index in [1.807, 2.05) is 0 Å². The maximum absolute atomic E-state index is 13.6. The van der Waals surface area contributed by atoms with Crippen LogP contribution < -0.4 is 10.1 Å². The minimum Gasteiger partial charge on any atom is -0.493 e. The van der Waals surface area contributed by atoms with Crippen LogP contribution in [0.5, 0.6) is 5.75 Å². The Labute approximate surface area is 120 Å². The highest BCUT2D eigenvalue weighted by Gasteiger charge is 2.63. The van der Waals surface area contributed by atoms with Gasteiger partial charge in [-0.3, -0.25) is 0 Å². The maximum Gasteiger partial charge on any atom is 0.455 e. The van der Waals surface area contributed by atoms with Crippen LogP contribution in [-0.4, -0.2) is 25.8 Å². The van der Waals surface area contributed by atoms with Gasteiger partial charge in [-0.05, 0) is 24.7 Å². The fourth-order valence-corrected chi connectivity index (χ4v) is 2.73. The van der Waals surface area contributed by atoms with E-state index in [-0.39, 0.29) is 17.9 Å². The Hall–Kier alpha value is -0.890. The predicted molar refractivity (Wildman–Crippen MR) is 66.1 cm³/mol. The molecule has 1 aliphatic rings. The van der Waals surface area contributed by atoms with E-state index in [2.05, 4.69) is 21.2 Å². The van der Waals surface area contributed by atoms with Crippen LogP contribution in [0.1, 0.15) is 17.2 Å². The van der Waals surface area contributed by atoms with Gasteiger partial charge in [0.2, 0.25) is 0 Å². The van der Waals surface area contributed by atoms with Gasteiger partial charge in [0, 0.05) is 16.5 Å². The highest BCUT2D eigenvalue weighted by atomic mass is 79.9. The van der Waals surface area contributed by atoms with Gasteiger partial charge in [-0.1, -0.05) is 15.9 Å². The summed E-state index contributed by atoms with van der Waals surface area (Å²) in [5.41, 5.74) is 0.421. The minimum absolute atomic E-state index is 0.108. The van der Waals surface area contributed by atoms with Crippen molar-refractivity contribution in [1.29, 1.82) is 0 Å². The molecular formula is C12H11BrF5NO. The van der Waals surface area contributed by atoms with Gasteiger partial charge in [0.05, 0.1) is 6.61 Å². The second-order valence-electron chi connectivity index (χ2n) is 4.42. The molecule has 0 spiro atoms. The van der Waals surface area contributed by atoms with Crippen LogP contribution in [0.15, 0.2) is 16.6 Å². The molecule has 0 aliphatic carbocycles. The third kappa shape index (κ3) is 2.50. The van der Waals surface area contributed by atoms with E-state index in [9.17, 15) is 22.0 Å². The average Bonchev–Trinajstić information content (AvgIpc) is 2.75. The summed E-state index contributed by atoms with van der Waals surface area (Å²) in [7, 11) is 1.06. The quantitative estimate of drug-likeness (QED) is 0.828. The lowest BCUT2D eigenvalue weighted by Gasteiger charge is -2.29. The second-order valence-corrected chi connectivity index (χ2v) is 5.34. The molecule has 2 rings (SSSR count). The number of fused-ring (bicyclic) bond motifs is 1. The molecule has 1 N–H and O–H groups in total. The zero-order valence-electron chi connectivity index (χ0n) is 10.3. The number of rotatable bonds is 3. The van der Waals surface area contributed by atoms with E-state index < -0.39 is 18.1 Å². The third-order valence-corrected chi connectivity index (χ3v) is 3.58. The summed E-state index contributed by atoms with van der Waals surface area (Å²) in [4.78, 5) is 0. The van der Waals surface area contributed by atoms with Crippen LogP contribution in [0.2, 0.25) is 0 Å². The Kier molecular flexibility index (Phi) is 3.98. The first-order valence-electron chi connectivity index (χ1n) is 5.75. The van der Waals surface area contributed by atoms with E-state index in [0.717, 1.165) is 7.05 Å². The molecule has 2 nitrogen and oxygen atoms in total. The number of hydrogen-bond acceptors (Lipinski definition) is 2. The molecule has 0 saturated carbocycles. The Morgan fingerprint density at radius 1 is 1.25 bits per heavy atom. The van der Waals surface area contributed by atoms with Crippen molar-refractivity contribution in [3.63, 3.8) is 0 Å². The summed E-state index contributed by atoms with van der Waals surface area (Å²) in [6, 6.07) is 0.682. The average molecular weight is 360 g/mol. The molecule has 20 heavy (non-hydrogen) atoms. The molecule has 1 unspecified atom stereocenters. The van der Waals surface area contributed by atoms with Gasteiger partial charge in [-0.25, -0.2) is 0 Å². The molecule has 8 heteroatoms. The zero-order valence-corrected chi connectivity index (χ0v) is 11.9. The van der Waals surface area contributed by atoms with Crippen molar-refractivity contribution in [1.82, 2.24) is 5.32 Å². The number of alkyl halides is 5. The monoisotopic (exact) mass is 359 g/mol. The summed E-state index contributed by atoms with van der Waals surface area (Å²) < 4.78 is 70.6. The van der Waals surface area contributed by atoms with E-state index in [4.69, 9.17) is 4.74 Å². The van der Waals surface area contributed by atoms with Gasteiger partial charge in [-0.2, -0.15) is 22.0 Å². The van der Waals surface area contributed by atoms with Crippen LogP contribution in [0.3, 0.4) is 0 Å².